The summed E-state index contributed by atoms with van der Waals surface area (Å²) in [5.41, 5.74) is 0.643. The number of aromatic nitrogens is 1. The molecule has 2 aromatic rings. The number of nitrogens with zero attached hydrogens (tertiary/aromatic N) is 1. The maximum Gasteiger partial charge on any atom is 0.260 e. The predicted octanol–water partition coefficient (Wildman–Crippen LogP) is 1.79. The van der Waals surface area contributed by atoms with Gasteiger partial charge in [0, 0.05) is 25.8 Å². The topological polar surface area (TPSA) is 82.3 Å². The first kappa shape index (κ1) is 17.5. The number of carbonyl (C=O) groups is 2. The Balaban J connectivity index is 2.22. The average Bonchev–Trinajstić information content (AvgIpc) is 2.54. The van der Waals surface area contributed by atoms with Crippen LogP contribution in [-0.2, 0) is 6.54 Å². The highest BCUT2D eigenvalue weighted by atomic mass is 16.2. The van der Waals surface area contributed by atoms with Gasteiger partial charge < -0.3 is 15.2 Å². The number of hydrogen-bond donors (Lipinski definition) is 2. The van der Waals surface area contributed by atoms with Crippen LogP contribution in [-0.4, -0.2) is 34.8 Å². The first-order valence-corrected chi connectivity index (χ1v) is 7.71. The molecule has 6 nitrogen and oxygen atoms in total. The number of aromatic amines is 1. The molecule has 0 fully saturated rings. The third-order valence-electron chi connectivity index (χ3n) is 3.42. The Hall–Kier alpha value is -2.89. The summed E-state index contributed by atoms with van der Waals surface area (Å²) in [6.07, 6.45) is 1.31. The van der Waals surface area contributed by atoms with E-state index in [0.717, 1.165) is 5.56 Å². The average molecular weight is 327 g/mol. The molecule has 2 amide bonds. The van der Waals surface area contributed by atoms with Crippen molar-refractivity contribution in [1.29, 1.82) is 0 Å². The zero-order valence-electron chi connectivity index (χ0n) is 14.0. The lowest BCUT2D eigenvalue weighted by atomic mass is 10.1. The van der Waals surface area contributed by atoms with Crippen LogP contribution in [0.3, 0.4) is 0 Å². The monoisotopic (exact) mass is 327 g/mol. The van der Waals surface area contributed by atoms with Crippen LogP contribution in [0.5, 0.6) is 0 Å². The molecule has 0 radical (unpaired) electrons. The fraction of sp³-hybridized carbons (Fsp3) is 0.278. The van der Waals surface area contributed by atoms with E-state index in [-0.39, 0.29) is 23.1 Å². The molecule has 0 saturated heterocycles. The molecule has 2 rings (SSSR count). The molecular formula is C18H21N3O3. The molecular weight excluding hydrogens is 306 g/mol. The fourth-order valence-electron chi connectivity index (χ4n) is 2.25. The van der Waals surface area contributed by atoms with Gasteiger partial charge in [-0.1, -0.05) is 30.3 Å². The van der Waals surface area contributed by atoms with Crippen molar-refractivity contribution >= 4 is 11.8 Å². The highest BCUT2D eigenvalue weighted by molar-refractivity contribution is 5.99. The summed E-state index contributed by atoms with van der Waals surface area (Å²) >= 11 is 0. The first-order valence-electron chi connectivity index (χ1n) is 7.71. The lowest BCUT2D eigenvalue weighted by molar-refractivity contribution is 0.0783. The quantitative estimate of drug-likeness (QED) is 0.878. The first-order chi connectivity index (χ1) is 11.4. The van der Waals surface area contributed by atoms with E-state index in [1.807, 2.05) is 44.2 Å². The van der Waals surface area contributed by atoms with Crippen molar-refractivity contribution in [2.45, 2.75) is 26.4 Å². The minimum absolute atomic E-state index is 0.0377. The molecule has 0 aliphatic carbocycles. The number of H-pyrrole nitrogens is 1. The lowest BCUT2D eigenvalue weighted by Crippen LogP contribution is -2.34. The van der Waals surface area contributed by atoms with Gasteiger partial charge in [0.2, 0.25) is 0 Å². The maximum absolute atomic E-state index is 12.5. The Morgan fingerprint density at radius 1 is 1.21 bits per heavy atom. The number of amides is 2. The largest absolute Gasteiger partial charge is 0.350 e. The normalized spacial score (nSPS) is 10.5. The Morgan fingerprint density at radius 2 is 1.88 bits per heavy atom. The molecule has 6 heteroatoms. The summed E-state index contributed by atoms with van der Waals surface area (Å²) in [6, 6.07) is 10.8. The molecule has 0 aliphatic rings. The van der Waals surface area contributed by atoms with Gasteiger partial charge >= 0.3 is 0 Å². The summed E-state index contributed by atoms with van der Waals surface area (Å²) in [5.74, 6) is -0.764. The van der Waals surface area contributed by atoms with Crippen molar-refractivity contribution in [2.24, 2.45) is 0 Å². The van der Waals surface area contributed by atoms with Gasteiger partial charge in [-0.25, -0.2) is 0 Å². The molecule has 0 aliphatic heterocycles. The van der Waals surface area contributed by atoms with Crippen LogP contribution in [0.25, 0.3) is 0 Å². The molecule has 0 saturated carbocycles. The minimum Gasteiger partial charge on any atom is -0.350 e. The summed E-state index contributed by atoms with van der Waals surface area (Å²) < 4.78 is 0. The Labute approximate surface area is 140 Å². The van der Waals surface area contributed by atoms with E-state index in [1.54, 1.807) is 7.05 Å². The molecule has 2 N–H and O–H groups in total. The van der Waals surface area contributed by atoms with E-state index >= 15 is 0 Å². The zero-order valence-corrected chi connectivity index (χ0v) is 14.0. The summed E-state index contributed by atoms with van der Waals surface area (Å²) in [5, 5.41) is 2.73. The molecule has 1 aromatic carbocycles. The second kappa shape index (κ2) is 7.59. The number of benzene rings is 1. The summed E-state index contributed by atoms with van der Waals surface area (Å²) in [4.78, 5) is 40.5. The van der Waals surface area contributed by atoms with Crippen molar-refractivity contribution in [3.8, 4) is 0 Å². The third kappa shape index (κ3) is 4.32. The van der Waals surface area contributed by atoms with Crippen LogP contribution in [0.2, 0.25) is 0 Å². The Bertz CT molecular complexity index is 782. The molecule has 0 bridgehead atoms. The highest BCUT2D eigenvalue weighted by Gasteiger charge is 2.18. The van der Waals surface area contributed by atoms with Gasteiger partial charge in [0.1, 0.15) is 5.56 Å². The van der Waals surface area contributed by atoms with Crippen LogP contribution in [0.1, 0.15) is 40.1 Å². The van der Waals surface area contributed by atoms with Gasteiger partial charge in [0.05, 0.1) is 5.56 Å². The van der Waals surface area contributed by atoms with Gasteiger partial charge in [-0.15, -0.1) is 0 Å². The number of pyridine rings is 1. The molecule has 24 heavy (non-hydrogen) atoms. The number of rotatable bonds is 5. The molecule has 0 spiro atoms. The maximum atomic E-state index is 12.5. The van der Waals surface area contributed by atoms with E-state index in [2.05, 4.69) is 10.3 Å². The molecule has 1 aromatic heterocycles. The van der Waals surface area contributed by atoms with Gasteiger partial charge in [-0.3, -0.25) is 14.4 Å². The molecule has 0 atom stereocenters. The lowest BCUT2D eigenvalue weighted by Gasteiger charge is -2.17. The van der Waals surface area contributed by atoms with Crippen LogP contribution in [0.15, 0.2) is 47.4 Å². The number of hydrogen-bond acceptors (Lipinski definition) is 3. The standard InChI is InChI=1S/C18H21N3O3/c1-12(2)20-16(22)14-9-15(17(23)19-10-14)18(24)21(3)11-13-7-5-4-6-8-13/h4-10,12H,11H2,1-3H3,(H,19,23)(H,20,22). The molecule has 126 valence electrons. The zero-order chi connectivity index (χ0) is 17.7. The van der Waals surface area contributed by atoms with E-state index < -0.39 is 11.5 Å². The van der Waals surface area contributed by atoms with Gasteiger partial charge in [-0.2, -0.15) is 0 Å². The second-order valence-electron chi connectivity index (χ2n) is 5.91. The van der Waals surface area contributed by atoms with Gasteiger partial charge in [0.25, 0.3) is 17.4 Å². The third-order valence-corrected chi connectivity index (χ3v) is 3.42. The Kier molecular flexibility index (Phi) is 5.52. The molecule has 1 heterocycles. The summed E-state index contributed by atoms with van der Waals surface area (Å²) in [6.45, 7) is 4.05. The molecule has 0 unspecified atom stereocenters. The van der Waals surface area contributed by atoms with E-state index in [9.17, 15) is 14.4 Å². The SMILES string of the molecule is CC(C)NC(=O)c1c[nH]c(=O)c(C(=O)N(C)Cc2ccccc2)c1. The van der Waals surface area contributed by atoms with Crippen molar-refractivity contribution in [3.63, 3.8) is 0 Å². The Morgan fingerprint density at radius 3 is 2.50 bits per heavy atom. The van der Waals surface area contributed by atoms with Crippen molar-refractivity contribution < 1.29 is 9.59 Å². The van der Waals surface area contributed by atoms with Crippen LogP contribution < -0.4 is 10.9 Å². The van der Waals surface area contributed by atoms with Crippen molar-refractivity contribution in [3.05, 3.63) is 69.6 Å². The highest BCUT2D eigenvalue weighted by Crippen LogP contribution is 2.07. The van der Waals surface area contributed by atoms with Gasteiger partial charge in [0.15, 0.2) is 0 Å². The number of carbonyl (C=O) groups excluding carboxylic acids is 2. The van der Waals surface area contributed by atoms with E-state index in [4.69, 9.17) is 0 Å². The van der Waals surface area contributed by atoms with Crippen LogP contribution in [0, 0.1) is 0 Å². The van der Waals surface area contributed by atoms with Crippen molar-refractivity contribution in [1.82, 2.24) is 15.2 Å². The number of nitrogens with one attached hydrogen (secondary N) is 2. The van der Waals surface area contributed by atoms with E-state index in [1.165, 1.54) is 17.2 Å². The van der Waals surface area contributed by atoms with Crippen LogP contribution in [0.4, 0.5) is 0 Å². The van der Waals surface area contributed by atoms with E-state index in [0.29, 0.717) is 6.54 Å². The smallest absolute Gasteiger partial charge is 0.260 e. The fourth-order valence-corrected chi connectivity index (χ4v) is 2.25. The predicted molar refractivity (Wildman–Crippen MR) is 91.9 cm³/mol. The van der Waals surface area contributed by atoms with Gasteiger partial charge in [-0.05, 0) is 25.5 Å². The summed E-state index contributed by atoms with van der Waals surface area (Å²) in [7, 11) is 1.62. The second-order valence-corrected chi connectivity index (χ2v) is 5.91. The minimum atomic E-state index is -0.513. The van der Waals surface area contributed by atoms with Crippen molar-refractivity contribution in [2.75, 3.05) is 7.05 Å². The van der Waals surface area contributed by atoms with Crippen LogP contribution >= 0.6 is 0 Å².